The SMILES string of the molecule is O=C(N/N=C\c1cc(Cl)cc(Cl)c1O)[C@H]1CC(=O)N(Cc2ccco2)C1. The summed E-state index contributed by atoms with van der Waals surface area (Å²) in [4.78, 5) is 25.8. The molecule has 0 unspecified atom stereocenters. The standard InChI is InChI=1S/C17H15Cl2N3O4/c18-12-4-10(16(24)14(19)6-12)7-20-21-17(25)11-5-15(23)22(8-11)9-13-2-1-3-26-13/h1-4,6-7,11,24H,5,8-9H2,(H,21,25)/b20-7-/t11-/m0/s1. The van der Waals surface area contributed by atoms with Crippen LogP contribution < -0.4 is 5.43 Å². The molecule has 9 heteroatoms. The lowest BCUT2D eigenvalue weighted by Gasteiger charge is -2.14. The zero-order valence-electron chi connectivity index (χ0n) is 13.5. The Kier molecular flexibility index (Phi) is 5.49. The van der Waals surface area contributed by atoms with E-state index in [9.17, 15) is 14.7 Å². The highest BCUT2D eigenvalue weighted by atomic mass is 35.5. The fraction of sp³-hybridized carbons (Fsp3) is 0.235. The normalized spacial score (nSPS) is 17.2. The number of rotatable bonds is 5. The largest absolute Gasteiger partial charge is 0.506 e. The number of phenolic OH excluding ortho intramolecular Hbond substituents is 1. The van der Waals surface area contributed by atoms with Crippen molar-refractivity contribution in [3.8, 4) is 5.75 Å². The van der Waals surface area contributed by atoms with Crippen LogP contribution in [0.15, 0.2) is 40.0 Å². The first-order valence-electron chi connectivity index (χ1n) is 7.75. The van der Waals surface area contributed by atoms with E-state index in [2.05, 4.69) is 10.5 Å². The number of aromatic hydroxyl groups is 1. The van der Waals surface area contributed by atoms with Gasteiger partial charge in [0.15, 0.2) is 0 Å². The van der Waals surface area contributed by atoms with Crippen LogP contribution in [-0.2, 0) is 16.1 Å². The highest BCUT2D eigenvalue weighted by Gasteiger charge is 2.34. The minimum Gasteiger partial charge on any atom is -0.506 e. The molecule has 2 heterocycles. The zero-order chi connectivity index (χ0) is 18.7. The Bertz CT molecular complexity index is 852. The van der Waals surface area contributed by atoms with Crippen molar-refractivity contribution in [2.45, 2.75) is 13.0 Å². The Morgan fingerprint density at radius 1 is 1.46 bits per heavy atom. The van der Waals surface area contributed by atoms with E-state index < -0.39 is 5.92 Å². The van der Waals surface area contributed by atoms with E-state index in [-0.39, 0.29) is 41.1 Å². The maximum atomic E-state index is 12.2. The highest BCUT2D eigenvalue weighted by molar-refractivity contribution is 6.36. The van der Waals surface area contributed by atoms with Crippen LogP contribution in [-0.4, -0.2) is 34.6 Å². The molecule has 2 amide bonds. The van der Waals surface area contributed by atoms with Crippen LogP contribution in [0.4, 0.5) is 0 Å². The molecule has 0 aliphatic carbocycles. The average Bonchev–Trinajstić information content (AvgIpc) is 3.22. The number of nitrogens with zero attached hydrogens (tertiary/aromatic N) is 2. The molecule has 2 aromatic rings. The lowest BCUT2D eigenvalue weighted by molar-refractivity contribution is -0.129. The van der Waals surface area contributed by atoms with Gasteiger partial charge in [-0.25, -0.2) is 5.43 Å². The monoisotopic (exact) mass is 395 g/mol. The molecule has 26 heavy (non-hydrogen) atoms. The van der Waals surface area contributed by atoms with Crippen molar-refractivity contribution in [3.63, 3.8) is 0 Å². The third-order valence-electron chi connectivity index (χ3n) is 3.95. The number of hydrogen-bond donors (Lipinski definition) is 2. The molecule has 0 saturated carbocycles. The lowest BCUT2D eigenvalue weighted by Crippen LogP contribution is -2.30. The van der Waals surface area contributed by atoms with Crippen LogP contribution in [0, 0.1) is 5.92 Å². The molecular formula is C17H15Cl2N3O4. The summed E-state index contributed by atoms with van der Waals surface area (Å²) in [6, 6.07) is 6.37. The number of hydrogen-bond acceptors (Lipinski definition) is 5. The maximum Gasteiger partial charge on any atom is 0.245 e. The number of halogens is 2. The molecule has 3 rings (SSSR count). The highest BCUT2D eigenvalue weighted by Crippen LogP contribution is 2.30. The van der Waals surface area contributed by atoms with Crippen LogP contribution in [0.1, 0.15) is 17.7 Å². The third kappa shape index (κ3) is 4.17. The van der Waals surface area contributed by atoms with E-state index in [0.29, 0.717) is 17.3 Å². The Morgan fingerprint density at radius 3 is 3.00 bits per heavy atom. The van der Waals surface area contributed by atoms with Crippen LogP contribution in [0.5, 0.6) is 5.75 Å². The van der Waals surface area contributed by atoms with Crippen LogP contribution in [0.3, 0.4) is 0 Å². The van der Waals surface area contributed by atoms with Crippen LogP contribution in [0.2, 0.25) is 10.0 Å². The van der Waals surface area contributed by atoms with Crippen molar-refractivity contribution < 1.29 is 19.1 Å². The van der Waals surface area contributed by atoms with Gasteiger partial charge in [-0.3, -0.25) is 9.59 Å². The van der Waals surface area contributed by atoms with E-state index >= 15 is 0 Å². The summed E-state index contributed by atoms with van der Waals surface area (Å²) in [6.07, 6.45) is 2.88. The lowest BCUT2D eigenvalue weighted by atomic mass is 10.1. The molecule has 0 bridgehead atoms. The molecule has 1 aliphatic rings. The number of furan rings is 1. The molecular weight excluding hydrogens is 381 g/mol. The van der Waals surface area contributed by atoms with Gasteiger partial charge in [0.05, 0.1) is 30.0 Å². The van der Waals surface area contributed by atoms with Crippen molar-refractivity contribution in [1.29, 1.82) is 0 Å². The number of carbonyl (C=O) groups excluding carboxylic acids is 2. The fourth-order valence-corrected chi connectivity index (χ4v) is 3.14. The number of phenols is 1. The molecule has 2 N–H and O–H groups in total. The van der Waals surface area contributed by atoms with Gasteiger partial charge in [0, 0.05) is 23.6 Å². The molecule has 0 spiro atoms. The summed E-state index contributed by atoms with van der Waals surface area (Å²) in [6.45, 7) is 0.614. The summed E-state index contributed by atoms with van der Waals surface area (Å²) >= 11 is 11.7. The maximum absolute atomic E-state index is 12.2. The van der Waals surface area contributed by atoms with Gasteiger partial charge >= 0.3 is 0 Å². The van der Waals surface area contributed by atoms with Gasteiger partial charge in [0.25, 0.3) is 0 Å². The molecule has 1 aliphatic heterocycles. The Morgan fingerprint density at radius 2 is 2.27 bits per heavy atom. The third-order valence-corrected chi connectivity index (χ3v) is 4.45. The molecule has 1 atom stereocenters. The van der Waals surface area contributed by atoms with Crippen molar-refractivity contribution in [2.24, 2.45) is 11.0 Å². The number of likely N-dealkylation sites (tertiary alicyclic amines) is 1. The first kappa shape index (κ1) is 18.3. The predicted molar refractivity (Wildman–Crippen MR) is 96.1 cm³/mol. The summed E-state index contributed by atoms with van der Waals surface area (Å²) in [5.41, 5.74) is 2.64. The number of carbonyl (C=O) groups is 2. The quantitative estimate of drug-likeness (QED) is 0.600. The number of nitrogens with one attached hydrogen (secondary N) is 1. The van der Waals surface area contributed by atoms with Crippen LogP contribution >= 0.6 is 23.2 Å². The van der Waals surface area contributed by atoms with Gasteiger partial charge in [-0.1, -0.05) is 23.2 Å². The van der Waals surface area contributed by atoms with Crippen molar-refractivity contribution in [1.82, 2.24) is 10.3 Å². The van der Waals surface area contributed by atoms with Crippen molar-refractivity contribution in [3.05, 3.63) is 51.9 Å². The molecule has 136 valence electrons. The van der Waals surface area contributed by atoms with Gasteiger partial charge in [-0.05, 0) is 24.3 Å². The molecule has 1 fully saturated rings. The Hall–Kier alpha value is -2.51. The number of benzene rings is 1. The van der Waals surface area contributed by atoms with Gasteiger partial charge in [-0.2, -0.15) is 5.10 Å². The molecule has 1 aromatic heterocycles. The first-order valence-corrected chi connectivity index (χ1v) is 8.50. The number of hydrazone groups is 1. The van der Waals surface area contributed by atoms with Gasteiger partial charge in [0.2, 0.25) is 11.8 Å². The summed E-state index contributed by atoms with van der Waals surface area (Å²) in [5.74, 6) is -0.541. The first-order chi connectivity index (χ1) is 12.4. The molecule has 1 aromatic carbocycles. The second-order valence-corrected chi connectivity index (χ2v) is 6.66. The number of amides is 2. The summed E-state index contributed by atoms with van der Waals surface area (Å²) < 4.78 is 5.22. The zero-order valence-corrected chi connectivity index (χ0v) is 15.0. The van der Waals surface area contributed by atoms with E-state index in [1.807, 2.05) is 0 Å². The smallest absolute Gasteiger partial charge is 0.245 e. The topological polar surface area (TPSA) is 95.1 Å². The van der Waals surface area contributed by atoms with E-state index in [4.69, 9.17) is 27.6 Å². The Labute approximate surface area is 159 Å². The fourth-order valence-electron chi connectivity index (χ4n) is 2.63. The minimum atomic E-state index is -0.508. The average molecular weight is 396 g/mol. The van der Waals surface area contributed by atoms with Crippen LogP contribution in [0.25, 0.3) is 0 Å². The van der Waals surface area contributed by atoms with Crippen molar-refractivity contribution in [2.75, 3.05) is 6.54 Å². The molecule has 1 saturated heterocycles. The van der Waals surface area contributed by atoms with Crippen molar-refractivity contribution >= 4 is 41.2 Å². The second kappa shape index (κ2) is 7.80. The Balaban J connectivity index is 1.58. The molecule has 7 nitrogen and oxygen atoms in total. The van der Waals surface area contributed by atoms with Gasteiger partial charge < -0.3 is 14.4 Å². The summed E-state index contributed by atoms with van der Waals surface area (Å²) in [7, 11) is 0. The summed E-state index contributed by atoms with van der Waals surface area (Å²) in [5, 5.41) is 14.1. The van der Waals surface area contributed by atoms with Gasteiger partial charge in [0.1, 0.15) is 11.5 Å². The molecule has 0 radical (unpaired) electrons. The van der Waals surface area contributed by atoms with E-state index in [0.717, 1.165) is 0 Å². The van der Waals surface area contributed by atoms with E-state index in [1.54, 1.807) is 17.0 Å². The van der Waals surface area contributed by atoms with Gasteiger partial charge in [-0.15, -0.1) is 0 Å². The second-order valence-electron chi connectivity index (χ2n) is 5.81. The predicted octanol–water partition coefficient (Wildman–Crippen LogP) is 2.79. The minimum absolute atomic E-state index is 0.0836. The van der Waals surface area contributed by atoms with E-state index in [1.165, 1.54) is 24.6 Å².